The van der Waals surface area contributed by atoms with E-state index in [0.29, 0.717) is 0 Å². The van der Waals surface area contributed by atoms with Crippen LogP contribution >= 0.6 is 11.3 Å². The molecule has 0 saturated heterocycles. The number of nitrogens with zero attached hydrogens (tertiary/aromatic N) is 1. The second-order valence-corrected chi connectivity index (χ2v) is 16.3. The summed E-state index contributed by atoms with van der Waals surface area (Å²) >= 11 is 1.89. The molecule has 0 unspecified atom stereocenters. The molecule has 0 aliphatic rings. The summed E-state index contributed by atoms with van der Waals surface area (Å²) in [6.45, 7) is 0. The fourth-order valence-electron chi connectivity index (χ4n) is 9.01. The van der Waals surface area contributed by atoms with Crippen molar-refractivity contribution in [1.29, 1.82) is 0 Å². The van der Waals surface area contributed by atoms with Gasteiger partial charge in [-0.1, -0.05) is 164 Å². The minimum atomic E-state index is 0.914. The van der Waals surface area contributed by atoms with Gasteiger partial charge < -0.3 is 9.32 Å². The van der Waals surface area contributed by atoms with Gasteiger partial charge in [-0.2, -0.15) is 0 Å². The van der Waals surface area contributed by atoms with E-state index in [1.54, 1.807) is 0 Å². The Kier molecular flexibility index (Phi) is 7.75. The monoisotopic (exact) mass is 769 g/mol. The number of hydrogen-bond acceptors (Lipinski definition) is 3. The minimum absolute atomic E-state index is 0.914. The van der Waals surface area contributed by atoms with Gasteiger partial charge in [-0.15, -0.1) is 11.3 Å². The van der Waals surface area contributed by atoms with Gasteiger partial charge in [-0.25, -0.2) is 0 Å². The van der Waals surface area contributed by atoms with Crippen molar-refractivity contribution in [3.05, 3.63) is 212 Å². The largest absolute Gasteiger partial charge is 0.455 e. The van der Waals surface area contributed by atoms with E-state index in [0.717, 1.165) is 55.5 Å². The highest BCUT2D eigenvalue weighted by molar-refractivity contribution is 7.26. The number of hydrogen-bond donors (Lipinski definition) is 0. The Morgan fingerprint density at radius 2 is 0.831 bits per heavy atom. The standard InChI is InChI=1S/C56H35NOS/c1-2-10-36(11-3-1)37-20-28-42(29-21-37)57(43-30-22-40(23-31-43)47-16-8-18-49-50-34-26-39-13-5-7-15-46(39)55(50)58-54(47)49)44-32-24-41(25-33-44)48-17-9-19-51-53-45-14-6-4-12-38(45)27-35-52(53)59-56(48)51/h1-35H. The van der Waals surface area contributed by atoms with Crippen LogP contribution in [-0.2, 0) is 0 Å². The predicted octanol–water partition coefficient (Wildman–Crippen LogP) is 16.7. The number of fused-ring (bicyclic) bond motifs is 10. The number of para-hydroxylation sites is 1. The molecule has 0 saturated carbocycles. The van der Waals surface area contributed by atoms with Crippen molar-refractivity contribution in [1.82, 2.24) is 0 Å². The lowest BCUT2D eigenvalue weighted by Gasteiger charge is -2.26. The molecule has 12 rings (SSSR count). The average molecular weight is 770 g/mol. The zero-order valence-corrected chi connectivity index (χ0v) is 32.8. The maximum Gasteiger partial charge on any atom is 0.143 e. The van der Waals surface area contributed by atoms with E-state index in [-0.39, 0.29) is 0 Å². The molecule has 0 bridgehead atoms. The highest BCUT2D eigenvalue weighted by atomic mass is 32.1. The van der Waals surface area contributed by atoms with Crippen molar-refractivity contribution in [2.24, 2.45) is 0 Å². The molecule has 0 aliphatic heterocycles. The van der Waals surface area contributed by atoms with Gasteiger partial charge in [0, 0.05) is 59.0 Å². The van der Waals surface area contributed by atoms with Gasteiger partial charge in [-0.05, 0) is 92.5 Å². The number of benzene rings is 10. The Morgan fingerprint density at radius 3 is 1.54 bits per heavy atom. The molecule has 0 radical (unpaired) electrons. The van der Waals surface area contributed by atoms with Crippen LogP contribution in [0.15, 0.2) is 217 Å². The van der Waals surface area contributed by atoms with Crippen molar-refractivity contribution < 1.29 is 4.42 Å². The molecule has 0 fully saturated rings. The number of rotatable bonds is 6. The van der Waals surface area contributed by atoms with Crippen molar-refractivity contribution in [3.63, 3.8) is 0 Å². The first-order chi connectivity index (χ1) is 29.2. The van der Waals surface area contributed by atoms with Crippen LogP contribution in [0.25, 0.3) is 97.0 Å². The Bertz CT molecular complexity index is 3470. The summed E-state index contributed by atoms with van der Waals surface area (Å²) in [5.41, 5.74) is 12.2. The maximum absolute atomic E-state index is 6.72. The molecule has 10 aromatic carbocycles. The van der Waals surface area contributed by atoms with E-state index in [2.05, 4.69) is 217 Å². The lowest BCUT2D eigenvalue weighted by Crippen LogP contribution is -2.09. The molecule has 0 spiro atoms. The van der Waals surface area contributed by atoms with Crippen LogP contribution in [0.5, 0.6) is 0 Å². The third kappa shape index (κ3) is 5.55. The maximum atomic E-state index is 6.72. The third-order valence-electron chi connectivity index (χ3n) is 11.9. The molecule has 0 N–H and O–H groups in total. The highest BCUT2D eigenvalue weighted by Gasteiger charge is 2.18. The molecule has 0 atom stereocenters. The van der Waals surface area contributed by atoms with E-state index >= 15 is 0 Å². The van der Waals surface area contributed by atoms with Crippen LogP contribution in [0.4, 0.5) is 17.1 Å². The molecule has 12 aromatic rings. The first kappa shape index (κ1) is 33.7. The lowest BCUT2D eigenvalue weighted by molar-refractivity contribution is 0.674. The van der Waals surface area contributed by atoms with E-state index in [1.165, 1.54) is 58.6 Å². The summed E-state index contributed by atoms with van der Waals surface area (Å²) < 4.78 is 9.36. The molecule has 59 heavy (non-hydrogen) atoms. The Labute approximate surface area is 345 Å². The Balaban J connectivity index is 0.951. The predicted molar refractivity (Wildman–Crippen MR) is 253 cm³/mol. The summed E-state index contributed by atoms with van der Waals surface area (Å²) in [5, 5.41) is 9.84. The number of furan rings is 1. The smallest absolute Gasteiger partial charge is 0.143 e. The molecule has 0 aliphatic carbocycles. The third-order valence-corrected chi connectivity index (χ3v) is 13.1. The SMILES string of the molecule is c1ccc(-c2ccc(N(c3ccc(-c4cccc5c4oc4c6ccccc6ccc54)cc3)c3ccc(-c4cccc5c4sc4ccc6ccccc6c45)cc3)cc2)cc1. The van der Waals surface area contributed by atoms with Gasteiger partial charge in [-0.3, -0.25) is 0 Å². The van der Waals surface area contributed by atoms with E-state index in [4.69, 9.17) is 4.42 Å². The summed E-state index contributed by atoms with van der Waals surface area (Å²) in [6, 6.07) is 76.7. The van der Waals surface area contributed by atoms with Crippen LogP contribution in [0.1, 0.15) is 0 Å². The fourth-order valence-corrected chi connectivity index (χ4v) is 10.3. The second kappa shape index (κ2) is 13.6. The molecular weight excluding hydrogens is 735 g/mol. The van der Waals surface area contributed by atoms with Gasteiger partial charge in [0.2, 0.25) is 0 Å². The summed E-state index contributed by atoms with van der Waals surface area (Å²) in [5.74, 6) is 0. The van der Waals surface area contributed by atoms with Crippen LogP contribution in [0.3, 0.4) is 0 Å². The van der Waals surface area contributed by atoms with Crippen LogP contribution in [0, 0.1) is 0 Å². The van der Waals surface area contributed by atoms with Crippen molar-refractivity contribution >= 4 is 92.1 Å². The minimum Gasteiger partial charge on any atom is -0.455 e. The zero-order valence-electron chi connectivity index (χ0n) is 32.0. The highest BCUT2D eigenvalue weighted by Crippen LogP contribution is 2.45. The van der Waals surface area contributed by atoms with Crippen molar-refractivity contribution in [2.45, 2.75) is 0 Å². The van der Waals surface area contributed by atoms with Crippen molar-refractivity contribution in [2.75, 3.05) is 4.90 Å². The fraction of sp³-hybridized carbons (Fsp3) is 0. The molecule has 2 aromatic heterocycles. The van der Waals surface area contributed by atoms with Gasteiger partial charge >= 0.3 is 0 Å². The molecule has 2 heterocycles. The van der Waals surface area contributed by atoms with Gasteiger partial charge in [0.25, 0.3) is 0 Å². The van der Waals surface area contributed by atoms with Crippen LogP contribution in [0.2, 0.25) is 0 Å². The van der Waals surface area contributed by atoms with E-state index < -0.39 is 0 Å². The van der Waals surface area contributed by atoms with Crippen molar-refractivity contribution in [3.8, 4) is 33.4 Å². The molecule has 2 nitrogen and oxygen atoms in total. The van der Waals surface area contributed by atoms with E-state index in [1.807, 2.05) is 11.3 Å². The Hall–Kier alpha value is -7.46. The van der Waals surface area contributed by atoms with Gasteiger partial charge in [0.05, 0.1) is 0 Å². The normalized spacial score (nSPS) is 11.7. The molecule has 0 amide bonds. The molecular formula is C56H35NOS. The summed E-state index contributed by atoms with van der Waals surface area (Å²) in [6.07, 6.45) is 0. The van der Waals surface area contributed by atoms with Gasteiger partial charge in [0.1, 0.15) is 11.2 Å². The lowest BCUT2D eigenvalue weighted by atomic mass is 9.99. The van der Waals surface area contributed by atoms with Crippen LogP contribution < -0.4 is 4.90 Å². The zero-order chi connectivity index (χ0) is 38.9. The average Bonchev–Trinajstić information content (AvgIpc) is 3.90. The van der Waals surface area contributed by atoms with Crippen LogP contribution in [-0.4, -0.2) is 0 Å². The molecule has 276 valence electrons. The van der Waals surface area contributed by atoms with E-state index in [9.17, 15) is 0 Å². The van der Waals surface area contributed by atoms with Gasteiger partial charge in [0.15, 0.2) is 0 Å². The number of thiophene rings is 1. The number of anilines is 3. The topological polar surface area (TPSA) is 16.4 Å². The molecule has 3 heteroatoms. The summed E-state index contributed by atoms with van der Waals surface area (Å²) in [7, 11) is 0. The first-order valence-electron chi connectivity index (χ1n) is 20.1. The second-order valence-electron chi connectivity index (χ2n) is 15.2. The quantitative estimate of drug-likeness (QED) is 0.167. The first-order valence-corrected chi connectivity index (χ1v) is 20.9. The summed E-state index contributed by atoms with van der Waals surface area (Å²) in [4.78, 5) is 2.35. The Morgan fingerprint density at radius 1 is 0.322 bits per heavy atom.